The van der Waals surface area contributed by atoms with Crippen molar-refractivity contribution in [3.63, 3.8) is 0 Å². The smallest absolute Gasteiger partial charge is 0.259 e. The van der Waals surface area contributed by atoms with Gasteiger partial charge in [-0.25, -0.2) is 4.98 Å². The normalized spacial score (nSPS) is 10.9. The molecular formula is C22H15BrCl2N2O3. The molecule has 152 valence electrons. The Morgan fingerprint density at radius 1 is 1.10 bits per heavy atom. The second kappa shape index (κ2) is 8.68. The van der Waals surface area contributed by atoms with Crippen molar-refractivity contribution in [2.24, 2.45) is 0 Å². The molecule has 1 aromatic heterocycles. The first-order chi connectivity index (χ1) is 14.5. The van der Waals surface area contributed by atoms with Crippen LogP contribution in [0, 0.1) is 0 Å². The highest BCUT2D eigenvalue weighted by Gasteiger charge is 2.15. The zero-order chi connectivity index (χ0) is 21.3. The van der Waals surface area contributed by atoms with Crippen LogP contribution in [0.3, 0.4) is 0 Å². The van der Waals surface area contributed by atoms with Crippen molar-refractivity contribution in [2.45, 2.75) is 6.61 Å². The van der Waals surface area contributed by atoms with Crippen LogP contribution < -0.4 is 15.0 Å². The van der Waals surface area contributed by atoms with Crippen molar-refractivity contribution in [3.8, 4) is 22.9 Å². The van der Waals surface area contributed by atoms with E-state index in [1.165, 1.54) is 0 Å². The summed E-state index contributed by atoms with van der Waals surface area (Å²) < 4.78 is 12.1. The van der Waals surface area contributed by atoms with Gasteiger partial charge >= 0.3 is 0 Å². The molecule has 30 heavy (non-hydrogen) atoms. The predicted octanol–water partition coefficient (Wildman–Crippen LogP) is 6.25. The lowest BCUT2D eigenvalue weighted by molar-refractivity contribution is 0.283. The van der Waals surface area contributed by atoms with Crippen LogP contribution in [0.15, 0.2) is 63.9 Å². The molecule has 8 heteroatoms. The van der Waals surface area contributed by atoms with Gasteiger partial charge in [0.2, 0.25) is 0 Å². The number of rotatable bonds is 5. The molecule has 0 fully saturated rings. The SMILES string of the molecule is COc1cc(-c2nc3ccccc3c(=O)[nH]2)cc(Br)c1OCc1ccc(Cl)cc1Cl. The Labute approximate surface area is 190 Å². The summed E-state index contributed by atoms with van der Waals surface area (Å²) in [5, 5.41) is 1.61. The molecule has 0 aliphatic heterocycles. The summed E-state index contributed by atoms with van der Waals surface area (Å²) in [6, 6.07) is 16.0. The van der Waals surface area contributed by atoms with Crippen molar-refractivity contribution >= 4 is 50.0 Å². The molecule has 0 bridgehead atoms. The number of benzene rings is 3. The van der Waals surface area contributed by atoms with Crippen molar-refractivity contribution < 1.29 is 9.47 Å². The standard InChI is InChI=1S/C22H15BrCl2N2O3/c1-29-19-9-13(21-26-18-5-3-2-4-15(18)22(28)27-21)8-16(23)20(19)30-11-12-6-7-14(24)10-17(12)25/h2-10H,11H2,1H3,(H,26,27,28). The predicted molar refractivity (Wildman–Crippen MR) is 123 cm³/mol. The summed E-state index contributed by atoms with van der Waals surface area (Å²) in [6.45, 7) is 0.232. The molecule has 0 saturated carbocycles. The second-order valence-electron chi connectivity index (χ2n) is 6.45. The minimum Gasteiger partial charge on any atom is -0.493 e. The topological polar surface area (TPSA) is 64.2 Å². The number of nitrogens with one attached hydrogen (secondary N) is 1. The summed E-state index contributed by atoms with van der Waals surface area (Å²) in [6.07, 6.45) is 0. The van der Waals surface area contributed by atoms with E-state index in [9.17, 15) is 4.79 Å². The average Bonchev–Trinajstić information content (AvgIpc) is 2.73. The number of aromatic nitrogens is 2. The molecule has 0 aliphatic rings. The average molecular weight is 506 g/mol. The third-order valence-corrected chi connectivity index (χ3v) is 5.68. The fourth-order valence-electron chi connectivity index (χ4n) is 3.01. The summed E-state index contributed by atoms with van der Waals surface area (Å²) >= 11 is 15.7. The molecule has 1 heterocycles. The molecule has 0 saturated heterocycles. The lowest BCUT2D eigenvalue weighted by Gasteiger charge is -2.15. The number of hydrogen-bond donors (Lipinski definition) is 1. The van der Waals surface area contributed by atoms with E-state index >= 15 is 0 Å². The van der Waals surface area contributed by atoms with E-state index in [1.54, 1.807) is 43.5 Å². The van der Waals surface area contributed by atoms with E-state index in [1.807, 2.05) is 18.2 Å². The number of nitrogens with zero attached hydrogens (tertiary/aromatic N) is 1. The van der Waals surface area contributed by atoms with Gasteiger partial charge in [-0.2, -0.15) is 0 Å². The second-order valence-corrected chi connectivity index (χ2v) is 8.14. The highest BCUT2D eigenvalue weighted by atomic mass is 79.9. The highest BCUT2D eigenvalue weighted by molar-refractivity contribution is 9.10. The van der Waals surface area contributed by atoms with Crippen molar-refractivity contribution in [2.75, 3.05) is 7.11 Å². The summed E-state index contributed by atoms with van der Waals surface area (Å²) in [7, 11) is 1.55. The van der Waals surface area contributed by atoms with Gasteiger partial charge < -0.3 is 14.5 Å². The third-order valence-electron chi connectivity index (χ3n) is 4.50. The van der Waals surface area contributed by atoms with Crippen LogP contribution in [0.25, 0.3) is 22.3 Å². The van der Waals surface area contributed by atoms with Crippen LogP contribution in [0.1, 0.15) is 5.56 Å². The summed E-state index contributed by atoms with van der Waals surface area (Å²) in [5.74, 6) is 1.43. The van der Waals surface area contributed by atoms with Gasteiger partial charge in [0.1, 0.15) is 12.4 Å². The lowest BCUT2D eigenvalue weighted by Crippen LogP contribution is -2.09. The van der Waals surface area contributed by atoms with Gasteiger partial charge in [0.25, 0.3) is 5.56 Å². The minimum absolute atomic E-state index is 0.205. The number of H-pyrrole nitrogens is 1. The molecule has 4 aromatic rings. The number of aromatic amines is 1. The Kier molecular flexibility index (Phi) is 5.99. The van der Waals surface area contributed by atoms with Crippen LogP contribution in [0.2, 0.25) is 10.0 Å². The van der Waals surface area contributed by atoms with Gasteiger partial charge in [0, 0.05) is 21.2 Å². The zero-order valence-corrected chi connectivity index (χ0v) is 18.8. The Balaban J connectivity index is 1.69. The molecule has 0 atom stereocenters. The van der Waals surface area contributed by atoms with Crippen LogP contribution in [-0.4, -0.2) is 17.1 Å². The first kappa shape index (κ1) is 20.7. The van der Waals surface area contributed by atoms with Crippen molar-refractivity contribution in [3.05, 3.63) is 85.0 Å². The van der Waals surface area contributed by atoms with E-state index in [-0.39, 0.29) is 12.2 Å². The number of fused-ring (bicyclic) bond motifs is 1. The lowest BCUT2D eigenvalue weighted by atomic mass is 10.1. The van der Waals surface area contributed by atoms with Gasteiger partial charge in [-0.15, -0.1) is 0 Å². The maximum absolute atomic E-state index is 12.4. The molecule has 0 unspecified atom stereocenters. The minimum atomic E-state index is -0.205. The number of hydrogen-bond acceptors (Lipinski definition) is 4. The Morgan fingerprint density at radius 3 is 2.67 bits per heavy atom. The maximum atomic E-state index is 12.4. The fourth-order valence-corrected chi connectivity index (χ4v) is 4.03. The third kappa shape index (κ3) is 4.17. The van der Waals surface area contributed by atoms with Gasteiger partial charge in [0.15, 0.2) is 11.5 Å². The molecule has 0 radical (unpaired) electrons. The van der Waals surface area contributed by atoms with Crippen molar-refractivity contribution in [1.82, 2.24) is 9.97 Å². The van der Waals surface area contributed by atoms with E-state index in [4.69, 9.17) is 32.7 Å². The van der Waals surface area contributed by atoms with E-state index < -0.39 is 0 Å². The molecule has 0 spiro atoms. The highest BCUT2D eigenvalue weighted by Crippen LogP contribution is 2.39. The van der Waals surface area contributed by atoms with Crippen LogP contribution >= 0.6 is 39.1 Å². The van der Waals surface area contributed by atoms with Crippen LogP contribution in [0.4, 0.5) is 0 Å². The van der Waals surface area contributed by atoms with E-state index in [2.05, 4.69) is 25.9 Å². The van der Waals surface area contributed by atoms with E-state index in [0.29, 0.717) is 48.3 Å². The number of ether oxygens (including phenoxy) is 2. The Hall–Kier alpha value is -2.54. The molecular weight excluding hydrogens is 491 g/mol. The number of halogens is 3. The van der Waals surface area contributed by atoms with Gasteiger partial charge in [-0.05, 0) is 52.3 Å². The molecule has 3 aromatic carbocycles. The van der Waals surface area contributed by atoms with Crippen LogP contribution in [-0.2, 0) is 6.61 Å². The van der Waals surface area contributed by atoms with Gasteiger partial charge in [-0.3, -0.25) is 4.79 Å². The first-order valence-electron chi connectivity index (χ1n) is 8.90. The van der Waals surface area contributed by atoms with Crippen LogP contribution in [0.5, 0.6) is 11.5 Å². The van der Waals surface area contributed by atoms with E-state index in [0.717, 1.165) is 5.56 Å². The molecule has 4 rings (SSSR count). The summed E-state index contributed by atoms with van der Waals surface area (Å²) in [5.41, 5.74) is 1.88. The number of methoxy groups -OCH3 is 1. The molecule has 5 nitrogen and oxygen atoms in total. The zero-order valence-electron chi connectivity index (χ0n) is 15.7. The first-order valence-corrected chi connectivity index (χ1v) is 10.4. The number of para-hydroxylation sites is 1. The van der Waals surface area contributed by atoms with Crippen molar-refractivity contribution in [1.29, 1.82) is 0 Å². The Morgan fingerprint density at radius 2 is 1.90 bits per heavy atom. The summed E-state index contributed by atoms with van der Waals surface area (Å²) in [4.78, 5) is 19.8. The fraction of sp³-hybridized carbons (Fsp3) is 0.0909. The quantitative estimate of drug-likeness (QED) is 0.348. The Bertz CT molecular complexity index is 1310. The molecule has 0 aliphatic carbocycles. The van der Waals surface area contributed by atoms with Gasteiger partial charge in [0.05, 0.1) is 22.5 Å². The molecule has 1 N–H and O–H groups in total. The van der Waals surface area contributed by atoms with Gasteiger partial charge in [-0.1, -0.05) is 41.4 Å². The largest absolute Gasteiger partial charge is 0.493 e. The maximum Gasteiger partial charge on any atom is 0.259 e. The molecule has 0 amide bonds. The monoisotopic (exact) mass is 504 g/mol.